The van der Waals surface area contributed by atoms with Crippen molar-refractivity contribution < 1.29 is 24.5 Å². The maximum absolute atomic E-state index is 13.0. The molecule has 0 amide bonds. The quantitative estimate of drug-likeness (QED) is 0.337. The zero-order valence-corrected chi connectivity index (χ0v) is 20.6. The number of allylic oxidation sites excluding steroid dienone is 1. The molecule has 7 nitrogen and oxygen atoms in total. The Bertz CT molecular complexity index is 1060. The van der Waals surface area contributed by atoms with Gasteiger partial charge in [-0.3, -0.25) is 4.79 Å². The Labute approximate surface area is 201 Å². The molecule has 1 aromatic heterocycles. The van der Waals surface area contributed by atoms with Crippen molar-refractivity contribution in [3.05, 3.63) is 53.6 Å². The van der Waals surface area contributed by atoms with Crippen LogP contribution >= 0.6 is 0 Å². The number of aromatic hydroxyl groups is 1. The third-order valence-corrected chi connectivity index (χ3v) is 7.42. The van der Waals surface area contributed by atoms with E-state index < -0.39 is 11.0 Å². The fraction of sp³-hybridized carbons (Fsp3) is 0.556. The number of nitrogens with zero attached hydrogens (tertiary/aromatic N) is 2. The summed E-state index contributed by atoms with van der Waals surface area (Å²) in [5.74, 6) is 0.684. The average Bonchev–Trinajstić information content (AvgIpc) is 3.31. The highest BCUT2D eigenvalue weighted by Crippen LogP contribution is 2.54. The standard InChI is InChI=1S/C27H36N2O5/c1-26(2,25(32)33-12-6-5-10-29-11-9-28-17-29)19-14-22(31)24-20-13-18(16-30)7-8-21(20)27(3,4)34-23(24)15-19/h7,9,11,14-15,17,20-21,30-31H,5-6,8,10,12-13,16H2,1-4H3/t20-,21-/m1/s1. The molecule has 0 unspecified atom stereocenters. The Morgan fingerprint density at radius 1 is 1.32 bits per heavy atom. The van der Waals surface area contributed by atoms with Crippen LogP contribution in [0, 0.1) is 5.92 Å². The minimum Gasteiger partial charge on any atom is -0.508 e. The highest BCUT2D eigenvalue weighted by atomic mass is 16.5. The molecule has 0 fully saturated rings. The lowest BCUT2D eigenvalue weighted by Crippen LogP contribution is -2.45. The number of aromatic nitrogens is 2. The maximum atomic E-state index is 13.0. The normalized spacial score (nSPS) is 21.1. The van der Waals surface area contributed by atoms with Gasteiger partial charge in [0.1, 0.15) is 17.1 Å². The number of aliphatic hydroxyl groups excluding tert-OH is 1. The molecule has 0 saturated carbocycles. The van der Waals surface area contributed by atoms with Crippen molar-refractivity contribution in [2.75, 3.05) is 13.2 Å². The number of aryl methyl sites for hydroxylation is 1. The predicted octanol–water partition coefficient (Wildman–Crippen LogP) is 4.47. The Kier molecular flexibility index (Phi) is 6.76. The van der Waals surface area contributed by atoms with Crippen LogP contribution in [0.25, 0.3) is 0 Å². The fourth-order valence-electron chi connectivity index (χ4n) is 5.23. The molecule has 0 spiro atoms. The molecule has 0 saturated heterocycles. The van der Waals surface area contributed by atoms with Gasteiger partial charge in [0.05, 0.1) is 25.0 Å². The van der Waals surface area contributed by atoms with Gasteiger partial charge in [-0.2, -0.15) is 0 Å². The number of fused-ring (bicyclic) bond motifs is 3. The number of rotatable bonds is 8. The van der Waals surface area contributed by atoms with Crippen LogP contribution in [0.15, 0.2) is 42.5 Å². The van der Waals surface area contributed by atoms with Crippen LogP contribution in [0.1, 0.15) is 70.4 Å². The largest absolute Gasteiger partial charge is 0.508 e. The zero-order chi connectivity index (χ0) is 24.5. The third kappa shape index (κ3) is 4.71. The molecule has 2 aliphatic rings. The van der Waals surface area contributed by atoms with E-state index in [0.717, 1.165) is 36.9 Å². The van der Waals surface area contributed by atoms with Gasteiger partial charge >= 0.3 is 5.97 Å². The zero-order valence-electron chi connectivity index (χ0n) is 20.6. The first-order chi connectivity index (χ1) is 16.1. The molecular weight excluding hydrogens is 432 g/mol. The van der Waals surface area contributed by atoms with Crippen molar-refractivity contribution in [2.45, 2.75) is 76.9 Å². The van der Waals surface area contributed by atoms with Crippen molar-refractivity contribution in [2.24, 2.45) is 5.92 Å². The summed E-state index contributed by atoms with van der Waals surface area (Å²) in [5.41, 5.74) is 1.06. The second-order valence-electron chi connectivity index (χ2n) is 10.6. The van der Waals surface area contributed by atoms with Gasteiger partial charge in [0.2, 0.25) is 0 Å². The highest BCUT2D eigenvalue weighted by Gasteiger charge is 2.46. The molecule has 0 bridgehead atoms. The lowest BCUT2D eigenvalue weighted by atomic mass is 9.66. The van der Waals surface area contributed by atoms with Crippen LogP contribution < -0.4 is 4.74 Å². The van der Waals surface area contributed by atoms with Crippen LogP contribution in [0.5, 0.6) is 11.5 Å². The molecule has 2 heterocycles. The molecule has 2 N–H and O–H groups in total. The van der Waals surface area contributed by atoms with Gasteiger partial charge in [0.25, 0.3) is 0 Å². The molecule has 34 heavy (non-hydrogen) atoms. The van der Waals surface area contributed by atoms with E-state index in [-0.39, 0.29) is 30.2 Å². The van der Waals surface area contributed by atoms with Gasteiger partial charge in [-0.15, -0.1) is 0 Å². The van der Waals surface area contributed by atoms with E-state index in [1.54, 1.807) is 18.6 Å². The van der Waals surface area contributed by atoms with Gasteiger partial charge in [0, 0.05) is 36.3 Å². The van der Waals surface area contributed by atoms with E-state index >= 15 is 0 Å². The first-order valence-electron chi connectivity index (χ1n) is 12.1. The fourth-order valence-corrected chi connectivity index (χ4v) is 5.23. The van der Waals surface area contributed by atoms with Crippen LogP contribution in [0.2, 0.25) is 0 Å². The number of unbranched alkanes of at least 4 members (excludes halogenated alkanes) is 1. The van der Waals surface area contributed by atoms with Gasteiger partial charge < -0.3 is 24.3 Å². The van der Waals surface area contributed by atoms with Crippen LogP contribution in [0.3, 0.4) is 0 Å². The summed E-state index contributed by atoms with van der Waals surface area (Å²) in [6.45, 7) is 8.97. The summed E-state index contributed by atoms with van der Waals surface area (Å²) >= 11 is 0. The molecule has 1 aromatic carbocycles. The van der Waals surface area contributed by atoms with E-state index in [1.165, 1.54) is 0 Å². The summed E-state index contributed by atoms with van der Waals surface area (Å²) in [4.78, 5) is 17.0. The van der Waals surface area contributed by atoms with Crippen molar-refractivity contribution in [1.29, 1.82) is 0 Å². The molecule has 1 aliphatic carbocycles. The molecule has 2 aromatic rings. The number of hydrogen-bond donors (Lipinski definition) is 2. The number of aliphatic hydroxyl groups is 1. The van der Waals surface area contributed by atoms with Crippen LogP contribution in [-0.2, 0) is 21.5 Å². The van der Waals surface area contributed by atoms with Crippen LogP contribution in [-0.4, -0.2) is 44.5 Å². The number of hydrogen-bond acceptors (Lipinski definition) is 6. The molecule has 7 heteroatoms. The maximum Gasteiger partial charge on any atom is 0.315 e. The summed E-state index contributed by atoms with van der Waals surface area (Å²) in [6.07, 6.45) is 10.7. The molecule has 0 radical (unpaired) electrons. The first-order valence-corrected chi connectivity index (χ1v) is 12.1. The number of phenolic OH excluding ortho intramolecular Hbond substituents is 1. The SMILES string of the molecule is CC(C)(C(=O)OCCCCn1ccnc1)c1cc(O)c2c(c1)OC(C)(C)[C@@H]1CC=C(CO)C[C@@H]21. The molecule has 4 rings (SSSR count). The number of phenols is 1. The smallest absolute Gasteiger partial charge is 0.315 e. The predicted molar refractivity (Wildman–Crippen MR) is 129 cm³/mol. The van der Waals surface area contributed by atoms with Gasteiger partial charge in [0.15, 0.2) is 0 Å². The Balaban J connectivity index is 1.48. The van der Waals surface area contributed by atoms with Crippen molar-refractivity contribution in [1.82, 2.24) is 9.55 Å². The number of esters is 1. The first kappa shape index (κ1) is 24.3. The number of benzene rings is 1. The molecule has 184 valence electrons. The Morgan fingerprint density at radius 3 is 2.82 bits per heavy atom. The minimum atomic E-state index is -0.941. The summed E-state index contributed by atoms with van der Waals surface area (Å²) in [7, 11) is 0. The Hall–Kier alpha value is -2.80. The van der Waals surface area contributed by atoms with Crippen LogP contribution in [0.4, 0.5) is 0 Å². The second kappa shape index (κ2) is 9.45. The van der Waals surface area contributed by atoms with Gasteiger partial charge in [-0.1, -0.05) is 6.08 Å². The second-order valence-corrected chi connectivity index (χ2v) is 10.6. The van der Waals surface area contributed by atoms with E-state index in [1.807, 2.05) is 30.7 Å². The van der Waals surface area contributed by atoms with E-state index in [4.69, 9.17) is 9.47 Å². The summed E-state index contributed by atoms with van der Waals surface area (Å²) < 4.78 is 14.0. The third-order valence-electron chi connectivity index (χ3n) is 7.42. The number of imidazole rings is 1. The summed E-state index contributed by atoms with van der Waals surface area (Å²) in [6, 6.07) is 3.55. The summed E-state index contributed by atoms with van der Waals surface area (Å²) in [5, 5.41) is 20.7. The molecular formula is C27H36N2O5. The minimum absolute atomic E-state index is 0.0277. The van der Waals surface area contributed by atoms with E-state index in [2.05, 4.69) is 24.9 Å². The average molecular weight is 469 g/mol. The number of carbonyl (C=O) groups excluding carboxylic acids is 1. The number of carbonyl (C=O) groups is 1. The lowest BCUT2D eigenvalue weighted by molar-refractivity contribution is -0.149. The molecule has 1 aliphatic heterocycles. The van der Waals surface area contributed by atoms with E-state index in [9.17, 15) is 15.0 Å². The van der Waals surface area contributed by atoms with Crippen molar-refractivity contribution in [3.8, 4) is 11.5 Å². The number of ether oxygens (including phenoxy) is 2. The van der Waals surface area contributed by atoms with Crippen molar-refractivity contribution in [3.63, 3.8) is 0 Å². The topological polar surface area (TPSA) is 93.8 Å². The van der Waals surface area contributed by atoms with E-state index in [0.29, 0.717) is 24.3 Å². The van der Waals surface area contributed by atoms with Gasteiger partial charge in [-0.25, -0.2) is 4.98 Å². The Morgan fingerprint density at radius 2 is 2.12 bits per heavy atom. The lowest BCUT2D eigenvalue weighted by Gasteiger charge is -2.47. The molecule has 2 atom stereocenters. The monoisotopic (exact) mass is 468 g/mol. The highest BCUT2D eigenvalue weighted by molar-refractivity contribution is 5.82. The van der Waals surface area contributed by atoms with Gasteiger partial charge in [-0.05, 0) is 76.6 Å². The van der Waals surface area contributed by atoms with Crippen molar-refractivity contribution >= 4 is 5.97 Å².